The quantitative estimate of drug-likeness (QED) is 0.793. The molecule has 102 valence electrons. The van der Waals surface area contributed by atoms with Gasteiger partial charge in [0, 0.05) is 18.7 Å². The number of rotatable bonds is 4. The SMILES string of the molecule is COc1ccc(Cc2noc(-c3sccc3N)n2)cn1. The minimum absolute atomic E-state index is 0.453. The largest absolute Gasteiger partial charge is 0.481 e. The Hall–Kier alpha value is -2.41. The van der Waals surface area contributed by atoms with Crippen molar-refractivity contribution in [1.29, 1.82) is 0 Å². The first-order valence-corrected chi connectivity index (χ1v) is 6.79. The lowest BCUT2D eigenvalue weighted by atomic mass is 10.2. The third kappa shape index (κ3) is 2.48. The molecule has 0 radical (unpaired) electrons. The summed E-state index contributed by atoms with van der Waals surface area (Å²) < 4.78 is 10.2. The van der Waals surface area contributed by atoms with Crippen LogP contribution < -0.4 is 10.5 Å². The molecule has 0 aliphatic carbocycles. The van der Waals surface area contributed by atoms with Gasteiger partial charge in [0.05, 0.1) is 12.8 Å². The maximum atomic E-state index is 5.83. The normalized spacial score (nSPS) is 10.7. The number of aromatic nitrogens is 3. The van der Waals surface area contributed by atoms with Crippen LogP contribution in [0.3, 0.4) is 0 Å². The van der Waals surface area contributed by atoms with E-state index in [9.17, 15) is 0 Å². The zero-order chi connectivity index (χ0) is 13.9. The monoisotopic (exact) mass is 288 g/mol. The van der Waals surface area contributed by atoms with Gasteiger partial charge in [-0.1, -0.05) is 11.2 Å². The fourth-order valence-corrected chi connectivity index (χ4v) is 2.47. The number of anilines is 1. The number of nitrogens with two attached hydrogens (primary N) is 1. The van der Waals surface area contributed by atoms with Gasteiger partial charge in [-0.05, 0) is 17.0 Å². The molecule has 20 heavy (non-hydrogen) atoms. The van der Waals surface area contributed by atoms with Crippen LogP contribution in [-0.2, 0) is 6.42 Å². The first-order valence-electron chi connectivity index (χ1n) is 5.91. The fourth-order valence-electron chi connectivity index (χ4n) is 1.73. The number of nitrogen functional groups attached to an aromatic ring is 1. The molecule has 3 aromatic rings. The van der Waals surface area contributed by atoms with Crippen LogP contribution in [0.5, 0.6) is 5.88 Å². The molecule has 0 atom stereocenters. The summed E-state index contributed by atoms with van der Waals surface area (Å²) in [4.78, 5) is 9.29. The molecule has 0 unspecified atom stereocenters. The molecule has 3 aromatic heterocycles. The van der Waals surface area contributed by atoms with E-state index in [1.807, 2.05) is 17.5 Å². The number of nitrogens with zero attached hydrogens (tertiary/aromatic N) is 3. The van der Waals surface area contributed by atoms with E-state index >= 15 is 0 Å². The van der Waals surface area contributed by atoms with Crippen LogP contribution in [0.1, 0.15) is 11.4 Å². The second-order valence-corrected chi connectivity index (χ2v) is 5.02. The highest BCUT2D eigenvalue weighted by molar-refractivity contribution is 7.14. The van der Waals surface area contributed by atoms with Crippen LogP contribution in [0.4, 0.5) is 5.69 Å². The van der Waals surface area contributed by atoms with E-state index in [1.165, 1.54) is 11.3 Å². The summed E-state index contributed by atoms with van der Waals surface area (Å²) in [5.41, 5.74) is 7.46. The Labute approximate surface area is 119 Å². The van der Waals surface area contributed by atoms with Gasteiger partial charge in [-0.3, -0.25) is 0 Å². The first-order chi connectivity index (χ1) is 9.76. The minimum atomic E-state index is 0.453. The molecule has 7 heteroatoms. The van der Waals surface area contributed by atoms with Crippen molar-refractivity contribution in [2.75, 3.05) is 12.8 Å². The van der Waals surface area contributed by atoms with Crippen LogP contribution in [0.2, 0.25) is 0 Å². The van der Waals surface area contributed by atoms with E-state index in [-0.39, 0.29) is 0 Å². The molecular weight excluding hydrogens is 276 g/mol. The lowest BCUT2D eigenvalue weighted by Gasteiger charge is -1.99. The average molecular weight is 288 g/mol. The molecule has 0 aromatic carbocycles. The molecule has 0 fully saturated rings. The Morgan fingerprint density at radius 2 is 2.25 bits per heavy atom. The summed E-state index contributed by atoms with van der Waals surface area (Å²) in [6, 6.07) is 5.53. The molecular formula is C13H12N4O2S. The lowest BCUT2D eigenvalue weighted by molar-refractivity contribution is 0.397. The summed E-state index contributed by atoms with van der Waals surface area (Å²) in [6.45, 7) is 0. The molecule has 0 bridgehead atoms. The summed E-state index contributed by atoms with van der Waals surface area (Å²) in [5, 5.41) is 5.85. The van der Waals surface area contributed by atoms with Gasteiger partial charge in [-0.25, -0.2) is 4.98 Å². The van der Waals surface area contributed by atoms with Crippen LogP contribution in [0, 0.1) is 0 Å². The number of ether oxygens (including phenoxy) is 1. The smallest absolute Gasteiger partial charge is 0.270 e. The minimum Gasteiger partial charge on any atom is -0.481 e. The molecule has 2 N–H and O–H groups in total. The van der Waals surface area contributed by atoms with Gasteiger partial charge in [0.15, 0.2) is 5.82 Å². The van der Waals surface area contributed by atoms with Crippen molar-refractivity contribution in [3.63, 3.8) is 0 Å². The molecule has 6 nitrogen and oxygen atoms in total. The van der Waals surface area contributed by atoms with Crippen molar-refractivity contribution in [2.24, 2.45) is 0 Å². The number of hydrogen-bond acceptors (Lipinski definition) is 7. The Morgan fingerprint density at radius 3 is 2.90 bits per heavy atom. The molecule has 0 saturated carbocycles. The molecule has 0 spiro atoms. The van der Waals surface area contributed by atoms with E-state index in [2.05, 4.69) is 15.1 Å². The zero-order valence-corrected chi connectivity index (χ0v) is 11.6. The van der Waals surface area contributed by atoms with Crippen LogP contribution in [0.25, 0.3) is 10.8 Å². The van der Waals surface area contributed by atoms with Crippen LogP contribution in [-0.4, -0.2) is 22.2 Å². The third-order valence-electron chi connectivity index (χ3n) is 2.73. The molecule has 3 rings (SSSR count). The Kier molecular flexibility index (Phi) is 3.34. The van der Waals surface area contributed by atoms with E-state index in [1.54, 1.807) is 19.4 Å². The Bertz CT molecular complexity index is 705. The van der Waals surface area contributed by atoms with Crippen LogP contribution in [0.15, 0.2) is 34.3 Å². The van der Waals surface area contributed by atoms with Gasteiger partial charge in [0.2, 0.25) is 5.88 Å². The third-order valence-corrected chi connectivity index (χ3v) is 3.65. The molecule has 0 saturated heterocycles. The fraction of sp³-hybridized carbons (Fsp3) is 0.154. The highest BCUT2D eigenvalue weighted by Gasteiger charge is 2.13. The van der Waals surface area contributed by atoms with Gasteiger partial charge in [0.1, 0.15) is 4.88 Å². The summed E-state index contributed by atoms with van der Waals surface area (Å²) >= 11 is 1.48. The Balaban J connectivity index is 1.78. The first kappa shape index (κ1) is 12.6. The van der Waals surface area contributed by atoms with Crippen molar-refractivity contribution in [3.8, 4) is 16.6 Å². The van der Waals surface area contributed by atoms with Crippen molar-refractivity contribution >= 4 is 17.0 Å². The van der Waals surface area contributed by atoms with Gasteiger partial charge < -0.3 is 15.0 Å². The maximum absolute atomic E-state index is 5.83. The van der Waals surface area contributed by atoms with Gasteiger partial charge >= 0.3 is 0 Å². The maximum Gasteiger partial charge on any atom is 0.270 e. The molecule has 0 aliphatic rings. The number of pyridine rings is 1. The zero-order valence-electron chi connectivity index (χ0n) is 10.7. The Morgan fingerprint density at radius 1 is 1.35 bits per heavy atom. The predicted molar refractivity (Wildman–Crippen MR) is 75.6 cm³/mol. The number of methoxy groups -OCH3 is 1. The highest BCUT2D eigenvalue weighted by atomic mass is 32.1. The summed E-state index contributed by atoms with van der Waals surface area (Å²) in [6.07, 6.45) is 2.28. The topological polar surface area (TPSA) is 87.1 Å². The van der Waals surface area contributed by atoms with E-state index in [0.717, 1.165) is 10.4 Å². The van der Waals surface area contributed by atoms with Crippen LogP contribution >= 0.6 is 11.3 Å². The van der Waals surface area contributed by atoms with E-state index in [0.29, 0.717) is 29.7 Å². The van der Waals surface area contributed by atoms with Gasteiger partial charge in [-0.15, -0.1) is 11.3 Å². The second-order valence-electron chi connectivity index (χ2n) is 4.11. The second kappa shape index (κ2) is 5.30. The molecule has 3 heterocycles. The van der Waals surface area contributed by atoms with Crippen molar-refractivity contribution in [3.05, 3.63) is 41.2 Å². The number of hydrogen-bond donors (Lipinski definition) is 1. The summed E-state index contributed by atoms with van der Waals surface area (Å²) in [5.74, 6) is 1.63. The van der Waals surface area contributed by atoms with Crippen molar-refractivity contribution in [1.82, 2.24) is 15.1 Å². The van der Waals surface area contributed by atoms with Crippen molar-refractivity contribution < 1.29 is 9.26 Å². The molecule has 0 aliphatic heterocycles. The average Bonchev–Trinajstić information content (AvgIpc) is 3.08. The van der Waals surface area contributed by atoms with Crippen molar-refractivity contribution in [2.45, 2.75) is 6.42 Å². The lowest BCUT2D eigenvalue weighted by Crippen LogP contribution is -1.93. The van der Waals surface area contributed by atoms with E-state index < -0.39 is 0 Å². The highest BCUT2D eigenvalue weighted by Crippen LogP contribution is 2.30. The van der Waals surface area contributed by atoms with Gasteiger partial charge in [0.25, 0.3) is 5.89 Å². The summed E-state index contributed by atoms with van der Waals surface area (Å²) in [7, 11) is 1.58. The number of thiophene rings is 1. The van der Waals surface area contributed by atoms with E-state index in [4.69, 9.17) is 15.0 Å². The predicted octanol–water partition coefficient (Wildman–Crippen LogP) is 2.37. The van der Waals surface area contributed by atoms with Gasteiger partial charge in [-0.2, -0.15) is 4.98 Å². The molecule has 0 amide bonds. The standard InChI is InChI=1S/C13H12N4O2S/c1-18-11-3-2-8(7-15-11)6-10-16-13(19-17-10)12-9(14)4-5-20-12/h2-5,7H,6,14H2,1H3.